The number of nitrogens with one attached hydrogen (secondary N) is 1. The lowest BCUT2D eigenvalue weighted by atomic mass is 9.94. The smallest absolute Gasteiger partial charge is 0.230 e. The molecule has 0 spiro atoms. The summed E-state index contributed by atoms with van der Waals surface area (Å²) >= 11 is 0. The summed E-state index contributed by atoms with van der Waals surface area (Å²) in [6.07, 6.45) is 1.72. The van der Waals surface area contributed by atoms with Crippen molar-refractivity contribution < 1.29 is 19.0 Å². The van der Waals surface area contributed by atoms with Crippen molar-refractivity contribution in [3.63, 3.8) is 0 Å². The minimum Gasteiger partial charge on any atom is -0.493 e. The molecule has 1 aromatic carbocycles. The molecule has 0 unspecified atom stereocenters. The van der Waals surface area contributed by atoms with Gasteiger partial charge in [-0.05, 0) is 30.5 Å². The van der Waals surface area contributed by atoms with Crippen LogP contribution in [0, 0.1) is 0 Å². The Labute approximate surface area is 119 Å². The van der Waals surface area contributed by atoms with E-state index in [1.807, 2.05) is 18.2 Å². The molecule has 1 aliphatic carbocycles. The average Bonchev–Trinajstić information content (AvgIpc) is 3.28. The Hall–Kier alpha value is -1.75. The van der Waals surface area contributed by atoms with Crippen LogP contribution in [-0.2, 0) is 14.9 Å². The van der Waals surface area contributed by atoms with Crippen LogP contribution in [0.25, 0.3) is 0 Å². The van der Waals surface area contributed by atoms with Gasteiger partial charge in [0.05, 0.1) is 26.2 Å². The van der Waals surface area contributed by atoms with Crippen molar-refractivity contribution >= 4 is 5.91 Å². The van der Waals surface area contributed by atoms with Gasteiger partial charge in [0.15, 0.2) is 11.5 Å². The highest BCUT2D eigenvalue weighted by Crippen LogP contribution is 2.50. The molecule has 1 saturated carbocycles. The van der Waals surface area contributed by atoms with Gasteiger partial charge in [-0.2, -0.15) is 0 Å². The van der Waals surface area contributed by atoms with E-state index in [9.17, 15) is 4.79 Å². The van der Waals surface area contributed by atoms with Gasteiger partial charge in [0, 0.05) is 13.7 Å². The zero-order valence-corrected chi connectivity index (χ0v) is 12.2. The quantitative estimate of drug-likeness (QED) is 0.768. The van der Waals surface area contributed by atoms with E-state index in [-0.39, 0.29) is 5.91 Å². The molecule has 1 fully saturated rings. The van der Waals surface area contributed by atoms with Crippen molar-refractivity contribution in [2.24, 2.45) is 0 Å². The SMILES string of the molecule is COCCNC(=O)C1(c2ccc(OC)c(OC)c2)CC1. The maximum atomic E-state index is 12.3. The molecule has 0 aliphatic heterocycles. The fourth-order valence-corrected chi connectivity index (χ4v) is 2.34. The van der Waals surface area contributed by atoms with Crippen LogP contribution in [0.3, 0.4) is 0 Å². The molecule has 1 aromatic rings. The fraction of sp³-hybridized carbons (Fsp3) is 0.533. The van der Waals surface area contributed by atoms with Gasteiger partial charge in [0.25, 0.3) is 0 Å². The third-order valence-corrected chi connectivity index (χ3v) is 3.71. The number of ether oxygens (including phenoxy) is 3. The molecular weight excluding hydrogens is 258 g/mol. The van der Waals surface area contributed by atoms with E-state index in [0.717, 1.165) is 18.4 Å². The number of methoxy groups -OCH3 is 3. The molecule has 0 atom stereocenters. The van der Waals surface area contributed by atoms with Crippen LogP contribution in [0.1, 0.15) is 18.4 Å². The summed E-state index contributed by atoms with van der Waals surface area (Å²) in [5.74, 6) is 1.38. The van der Waals surface area contributed by atoms with Crippen LogP contribution in [0.2, 0.25) is 0 Å². The Morgan fingerprint density at radius 3 is 2.45 bits per heavy atom. The maximum absolute atomic E-state index is 12.3. The van der Waals surface area contributed by atoms with Crippen LogP contribution in [0.4, 0.5) is 0 Å². The van der Waals surface area contributed by atoms with Crippen LogP contribution in [-0.4, -0.2) is 40.4 Å². The minimum atomic E-state index is -0.409. The Kier molecular flexibility index (Phi) is 4.49. The molecule has 0 saturated heterocycles. The Balaban J connectivity index is 2.15. The van der Waals surface area contributed by atoms with Crippen LogP contribution < -0.4 is 14.8 Å². The largest absolute Gasteiger partial charge is 0.493 e. The molecule has 1 N–H and O–H groups in total. The molecule has 0 aromatic heterocycles. The van der Waals surface area contributed by atoms with E-state index >= 15 is 0 Å². The Bertz CT molecular complexity index is 483. The van der Waals surface area contributed by atoms with Gasteiger partial charge in [-0.15, -0.1) is 0 Å². The van der Waals surface area contributed by atoms with Gasteiger partial charge in [-0.1, -0.05) is 6.07 Å². The first-order valence-corrected chi connectivity index (χ1v) is 6.67. The van der Waals surface area contributed by atoms with Crippen molar-refractivity contribution in [2.45, 2.75) is 18.3 Å². The van der Waals surface area contributed by atoms with Crippen molar-refractivity contribution in [3.05, 3.63) is 23.8 Å². The second-order valence-corrected chi connectivity index (χ2v) is 4.90. The molecule has 20 heavy (non-hydrogen) atoms. The number of benzene rings is 1. The normalized spacial score (nSPS) is 15.6. The van der Waals surface area contributed by atoms with Crippen LogP contribution in [0.15, 0.2) is 18.2 Å². The molecule has 5 heteroatoms. The van der Waals surface area contributed by atoms with Gasteiger partial charge >= 0.3 is 0 Å². The zero-order chi connectivity index (χ0) is 14.6. The Morgan fingerprint density at radius 2 is 1.90 bits per heavy atom. The van der Waals surface area contributed by atoms with Gasteiger partial charge in [0.2, 0.25) is 5.91 Å². The first-order chi connectivity index (χ1) is 9.67. The van der Waals surface area contributed by atoms with E-state index in [4.69, 9.17) is 14.2 Å². The van der Waals surface area contributed by atoms with E-state index in [1.54, 1.807) is 21.3 Å². The zero-order valence-electron chi connectivity index (χ0n) is 12.2. The third kappa shape index (κ3) is 2.72. The van der Waals surface area contributed by atoms with Crippen molar-refractivity contribution in [2.75, 3.05) is 34.5 Å². The summed E-state index contributed by atoms with van der Waals surface area (Å²) in [6.45, 7) is 1.05. The highest BCUT2D eigenvalue weighted by atomic mass is 16.5. The second kappa shape index (κ2) is 6.13. The lowest BCUT2D eigenvalue weighted by molar-refractivity contribution is -0.123. The molecule has 2 rings (SSSR count). The lowest BCUT2D eigenvalue weighted by Crippen LogP contribution is -2.36. The van der Waals surface area contributed by atoms with E-state index in [1.165, 1.54) is 0 Å². The molecule has 1 amide bonds. The summed E-state index contributed by atoms with van der Waals surface area (Å²) < 4.78 is 15.5. The average molecular weight is 279 g/mol. The molecular formula is C15H21NO4. The molecule has 1 aliphatic rings. The number of amides is 1. The summed E-state index contributed by atoms with van der Waals surface area (Å²) in [4.78, 5) is 12.3. The minimum absolute atomic E-state index is 0.0572. The third-order valence-electron chi connectivity index (χ3n) is 3.71. The van der Waals surface area contributed by atoms with Gasteiger partial charge in [-0.25, -0.2) is 0 Å². The molecule has 110 valence electrons. The number of hydrogen-bond donors (Lipinski definition) is 1. The van der Waals surface area contributed by atoms with E-state index in [2.05, 4.69) is 5.32 Å². The van der Waals surface area contributed by atoms with Gasteiger partial charge in [-0.3, -0.25) is 4.79 Å². The highest BCUT2D eigenvalue weighted by molar-refractivity contribution is 5.91. The summed E-state index contributed by atoms with van der Waals surface area (Å²) in [6, 6.07) is 5.67. The van der Waals surface area contributed by atoms with Gasteiger partial charge < -0.3 is 19.5 Å². The van der Waals surface area contributed by atoms with Crippen molar-refractivity contribution in [1.82, 2.24) is 5.32 Å². The molecule has 0 bridgehead atoms. The molecule has 0 radical (unpaired) electrons. The predicted octanol–water partition coefficient (Wildman–Crippen LogP) is 1.50. The highest BCUT2D eigenvalue weighted by Gasteiger charge is 2.51. The topological polar surface area (TPSA) is 56.8 Å². The standard InChI is InChI=1S/C15H21NO4/c1-18-9-8-16-14(17)15(6-7-15)11-4-5-12(19-2)13(10-11)20-3/h4-5,10H,6-9H2,1-3H3,(H,16,17). The first kappa shape index (κ1) is 14.7. The lowest BCUT2D eigenvalue weighted by Gasteiger charge is -2.17. The van der Waals surface area contributed by atoms with E-state index in [0.29, 0.717) is 24.7 Å². The van der Waals surface area contributed by atoms with E-state index < -0.39 is 5.41 Å². The first-order valence-electron chi connectivity index (χ1n) is 6.67. The second-order valence-electron chi connectivity index (χ2n) is 4.90. The maximum Gasteiger partial charge on any atom is 0.230 e. The van der Waals surface area contributed by atoms with Gasteiger partial charge in [0.1, 0.15) is 0 Å². The summed E-state index contributed by atoms with van der Waals surface area (Å²) in [7, 11) is 4.81. The van der Waals surface area contributed by atoms with Crippen LogP contribution >= 0.6 is 0 Å². The van der Waals surface area contributed by atoms with Crippen molar-refractivity contribution in [1.29, 1.82) is 0 Å². The molecule has 0 heterocycles. The predicted molar refractivity (Wildman–Crippen MR) is 75.3 cm³/mol. The number of carbonyl (C=O) groups is 1. The molecule has 5 nitrogen and oxygen atoms in total. The number of hydrogen-bond acceptors (Lipinski definition) is 4. The fourth-order valence-electron chi connectivity index (χ4n) is 2.34. The number of carbonyl (C=O) groups excluding carboxylic acids is 1. The monoisotopic (exact) mass is 279 g/mol. The van der Waals surface area contributed by atoms with Crippen molar-refractivity contribution in [3.8, 4) is 11.5 Å². The van der Waals surface area contributed by atoms with Crippen LogP contribution in [0.5, 0.6) is 11.5 Å². The number of rotatable bonds is 7. The summed E-state index contributed by atoms with van der Waals surface area (Å²) in [5.41, 5.74) is 0.567. The summed E-state index contributed by atoms with van der Waals surface area (Å²) in [5, 5.41) is 2.91. The Morgan fingerprint density at radius 1 is 1.20 bits per heavy atom.